The number of imide groups is 1. The van der Waals surface area contributed by atoms with Gasteiger partial charge in [-0.2, -0.15) is 0 Å². The summed E-state index contributed by atoms with van der Waals surface area (Å²) in [5.41, 5.74) is 4.98. The van der Waals surface area contributed by atoms with Gasteiger partial charge >= 0.3 is 0 Å². The SMILES string of the molecule is CC/C=C(/N/C(C)=C(/C(=O)NCc1cn(CCN(C=O)C(=O)c2ccccc2C)nn1)C(C)c1ccc(F)cc1Cl)c1ccncc1. The highest BCUT2D eigenvalue weighted by atomic mass is 35.5. The van der Waals surface area contributed by atoms with Crippen LogP contribution in [0.2, 0.25) is 5.02 Å². The van der Waals surface area contributed by atoms with E-state index in [-0.39, 0.29) is 30.6 Å². The van der Waals surface area contributed by atoms with E-state index in [4.69, 9.17) is 11.6 Å². The van der Waals surface area contributed by atoms with Crippen LogP contribution >= 0.6 is 11.6 Å². The van der Waals surface area contributed by atoms with Crippen molar-refractivity contribution >= 4 is 35.5 Å². The second-order valence-corrected chi connectivity index (χ2v) is 11.3. The van der Waals surface area contributed by atoms with E-state index in [1.807, 2.05) is 51.1 Å². The van der Waals surface area contributed by atoms with Crippen molar-refractivity contribution in [3.05, 3.63) is 129 Å². The van der Waals surface area contributed by atoms with Crippen molar-refractivity contribution in [2.24, 2.45) is 0 Å². The number of nitrogens with zero attached hydrogens (tertiary/aromatic N) is 5. The summed E-state index contributed by atoms with van der Waals surface area (Å²) in [5, 5.41) is 14.8. The number of nitrogens with one attached hydrogen (secondary N) is 2. The fourth-order valence-electron chi connectivity index (χ4n) is 5.12. The van der Waals surface area contributed by atoms with Gasteiger partial charge in [0, 0.05) is 58.0 Å². The minimum atomic E-state index is -0.508. The van der Waals surface area contributed by atoms with E-state index in [0.717, 1.165) is 28.1 Å². The van der Waals surface area contributed by atoms with Gasteiger partial charge < -0.3 is 10.6 Å². The van der Waals surface area contributed by atoms with Crippen LogP contribution in [-0.2, 0) is 22.7 Å². The molecule has 0 radical (unpaired) electrons. The third-order valence-corrected chi connectivity index (χ3v) is 7.91. The van der Waals surface area contributed by atoms with Gasteiger partial charge in [-0.3, -0.25) is 28.9 Å². The summed E-state index contributed by atoms with van der Waals surface area (Å²) in [6.45, 7) is 7.83. The predicted octanol–water partition coefficient (Wildman–Crippen LogP) is 5.81. The Bertz CT molecular complexity index is 1790. The van der Waals surface area contributed by atoms with Gasteiger partial charge in [0.2, 0.25) is 12.3 Å². The second-order valence-electron chi connectivity index (χ2n) is 10.9. The van der Waals surface area contributed by atoms with Gasteiger partial charge in [-0.15, -0.1) is 5.10 Å². The van der Waals surface area contributed by atoms with Gasteiger partial charge in [-0.05, 0) is 61.7 Å². The van der Waals surface area contributed by atoms with E-state index >= 15 is 0 Å². The summed E-state index contributed by atoms with van der Waals surface area (Å²) in [6.07, 6.45) is 8.30. The van der Waals surface area contributed by atoms with E-state index in [2.05, 4.69) is 25.9 Å². The normalized spacial score (nSPS) is 12.6. The maximum atomic E-state index is 13.9. The lowest BCUT2D eigenvalue weighted by molar-refractivity contribution is -0.118. The average Bonchev–Trinajstić information content (AvgIpc) is 3.52. The first-order valence-corrected chi connectivity index (χ1v) is 15.5. The lowest BCUT2D eigenvalue weighted by atomic mass is 9.90. The Morgan fingerprint density at radius 2 is 1.87 bits per heavy atom. The molecule has 10 nitrogen and oxygen atoms in total. The highest BCUT2D eigenvalue weighted by molar-refractivity contribution is 6.31. The van der Waals surface area contributed by atoms with Crippen LogP contribution in [0, 0.1) is 12.7 Å². The Balaban J connectivity index is 1.51. The Kier molecular flexibility index (Phi) is 12.1. The molecule has 0 bridgehead atoms. The van der Waals surface area contributed by atoms with E-state index in [0.29, 0.717) is 34.5 Å². The molecule has 0 spiro atoms. The zero-order valence-corrected chi connectivity index (χ0v) is 27.5. The minimum Gasteiger partial charge on any atom is -0.358 e. The Morgan fingerprint density at radius 1 is 1.13 bits per heavy atom. The van der Waals surface area contributed by atoms with Crippen molar-refractivity contribution in [1.82, 2.24) is 35.5 Å². The molecule has 47 heavy (non-hydrogen) atoms. The largest absolute Gasteiger partial charge is 0.358 e. The Labute approximate surface area is 278 Å². The molecular formula is C35H37ClFN7O3. The standard InChI is InChI=1S/C35H37ClFN7O3/c1-5-8-32(26-13-15-38-16-14-26)40-25(4)33(24(3)30-12-11-27(37)19-31(30)36)34(46)39-20-28-21-44(42-41-28)18-17-43(22-45)35(47)29-10-7-6-9-23(29)2/h6-16,19,21-22,24,40H,5,17-18,20H2,1-4H3,(H,39,46)/b32-8+,33-25+. The summed E-state index contributed by atoms with van der Waals surface area (Å²) in [7, 11) is 0. The number of aromatic nitrogens is 4. The van der Waals surface area contributed by atoms with Crippen molar-refractivity contribution in [2.75, 3.05) is 6.54 Å². The van der Waals surface area contributed by atoms with Crippen LogP contribution in [0.15, 0.2) is 90.5 Å². The molecule has 0 aliphatic rings. The molecule has 1 atom stereocenters. The lowest BCUT2D eigenvalue weighted by Crippen LogP contribution is -2.33. The van der Waals surface area contributed by atoms with Crippen LogP contribution in [0.4, 0.5) is 4.39 Å². The van der Waals surface area contributed by atoms with Crippen LogP contribution in [0.5, 0.6) is 0 Å². The summed E-state index contributed by atoms with van der Waals surface area (Å²) in [4.78, 5) is 43.6. The summed E-state index contributed by atoms with van der Waals surface area (Å²) in [6, 6.07) is 14.9. The van der Waals surface area contributed by atoms with E-state index in [1.54, 1.807) is 43.7 Å². The van der Waals surface area contributed by atoms with Crippen molar-refractivity contribution in [1.29, 1.82) is 0 Å². The topological polar surface area (TPSA) is 122 Å². The van der Waals surface area contributed by atoms with Gasteiger partial charge in [-0.1, -0.05) is 61.0 Å². The van der Waals surface area contributed by atoms with E-state index in [1.165, 1.54) is 16.8 Å². The third-order valence-electron chi connectivity index (χ3n) is 7.58. The highest BCUT2D eigenvalue weighted by Gasteiger charge is 2.25. The van der Waals surface area contributed by atoms with Crippen molar-refractivity contribution in [3.8, 4) is 0 Å². The van der Waals surface area contributed by atoms with Gasteiger partial charge in [-0.25, -0.2) is 4.39 Å². The van der Waals surface area contributed by atoms with Crippen molar-refractivity contribution in [2.45, 2.75) is 53.1 Å². The zero-order valence-electron chi connectivity index (χ0n) is 26.7. The fourth-order valence-corrected chi connectivity index (χ4v) is 5.45. The number of amides is 3. The summed E-state index contributed by atoms with van der Waals surface area (Å²) in [5.74, 6) is -1.75. The molecule has 2 heterocycles. The van der Waals surface area contributed by atoms with Gasteiger partial charge in [0.1, 0.15) is 11.5 Å². The number of pyridine rings is 1. The number of halogens is 2. The molecule has 2 aromatic carbocycles. The zero-order chi connectivity index (χ0) is 33.9. The van der Waals surface area contributed by atoms with E-state index in [9.17, 15) is 18.8 Å². The number of allylic oxidation sites excluding steroid dienone is 2. The molecule has 2 N–H and O–H groups in total. The van der Waals surface area contributed by atoms with Gasteiger partial charge in [0.25, 0.3) is 5.91 Å². The first-order chi connectivity index (χ1) is 22.6. The van der Waals surface area contributed by atoms with Crippen LogP contribution < -0.4 is 10.6 Å². The lowest BCUT2D eigenvalue weighted by Gasteiger charge is -2.22. The number of aryl methyl sites for hydroxylation is 1. The van der Waals surface area contributed by atoms with Crippen molar-refractivity contribution in [3.63, 3.8) is 0 Å². The summed E-state index contributed by atoms with van der Waals surface area (Å²) >= 11 is 6.43. The molecule has 244 valence electrons. The monoisotopic (exact) mass is 657 g/mol. The number of hydrogen-bond acceptors (Lipinski definition) is 7. The van der Waals surface area contributed by atoms with E-state index < -0.39 is 17.6 Å². The number of benzene rings is 2. The predicted molar refractivity (Wildman–Crippen MR) is 178 cm³/mol. The molecule has 0 aliphatic heterocycles. The maximum Gasteiger partial charge on any atom is 0.260 e. The molecular weight excluding hydrogens is 621 g/mol. The van der Waals surface area contributed by atoms with Gasteiger partial charge in [0.05, 0.1) is 19.3 Å². The average molecular weight is 658 g/mol. The molecule has 4 rings (SSSR count). The molecule has 12 heteroatoms. The number of carbonyl (C=O) groups excluding carboxylic acids is 3. The molecule has 4 aromatic rings. The minimum absolute atomic E-state index is 0.0566. The molecule has 0 saturated carbocycles. The van der Waals surface area contributed by atoms with Gasteiger partial charge in [0.15, 0.2) is 0 Å². The fraction of sp³-hybridized carbons (Fsp3) is 0.257. The maximum absolute atomic E-state index is 13.9. The Hall–Kier alpha value is -5.16. The van der Waals surface area contributed by atoms with Crippen LogP contribution in [0.1, 0.15) is 65.9 Å². The number of rotatable bonds is 14. The second kappa shape index (κ2) is 16.4. The quantitative estimate of drug-likeness (QED) is 0.130. The molecule has 2 aromatic heterocycles. The smallest absolute Gasteiger partial charge is 0.260 e. The van der Waals surface area contributed by atoms with Crippen LogP contribution in [0.25, 0.3) is 5.70 Å². The Morgan fingerprint density at radius 3 is 2.55 bits per heavy atom. The van der Waals surface area contributed by atoms with Crippen LogP contribution in [-0.4, -0.2) is 49.6 Å². The van der Waals surface area contributed by atoms with Crippen molar-refractivity contribution < 1.29 is 18.8 Å². The number of carbonyl (C=O) groups is 3. The first kappa shape index (κ1) is 34.7. The molecule has 0 fully saturated rings. The molecule has 3 amide bonds. The highest BCUT2D eigenvalue weighted by Crippen LogP contribution is 2.32. The third kappa shape index (κ3) is 8.98. The summed E-state index contributed by atoms with van der Waals surface area (Å²) < 4.78 is 15.4. The molecule has 1 unspecified atom stereocenters. The molecule has 0 saturated heterocycles. The first-order valence-electron chi connectivity index (χ1n) is 15.1. The van der Waals surface area contributed by atoms with Crippen LogP contribution in [0.3, 0.4) is 0 Å². The molecule has 0 aliphatic carbocycles. The number of hydrogen-bond donors (Lipinski definition) is 2.